The molecule has 2 rings (SSSR count). The van der Waals surface area contributed by atoms with Gasteiger partial charge in [-0.25, -0.2) is 0 Å². The van der Waals surface area contributed by atoms with E-state index in [0.717, 1.165) is 4.90 Å². The van der Waals surface area contributed by atoms with Gasteiger partial charge in [-0.3, -0.25) is 9.59 Å². The van der Waals surface area contributed by atoms with E-state index in [9.17, 15) is 9.59 Å². The summed E-state index contributed by atoms with van der Waals surface area (Å²) in [5.41, 5.74) is 0. The molecule has 6 nitrogen and oxygen atoms in total. The van der Waals surface area contributed by atoms with E-state index in [1.807, 2.05) is 12.1 Å². The number of amides is 1. The molecule has 0 bridgehead atoms. The standard InChI is InChI=1S/C15H15ClN2O4S/c1-9-7-13(18-22-9)17-15(20)10(2)21-14(19)8-23-12-5-3-11(16)4-6-12/h3-7,10H,8H2,1-2H3,(H,17,18,20). The Morgan fingerprint density at radius 2 is 2.09 bits per heavy atom. The van der Waals surface area contributed by atoms with Crippen LogP contribution in [0, 0.1) is 6.92 Å². The lowest BCUT2D eigenvalue weighted by atomic mass is 10.3. The molecule has 0 saturated heterocycles. The topological polar surface area (TPSA) is 81.4 Å². The molecule has 0 fully saturated rings. The van der Waals surface area contributed by atoms with Gasteiger partial charge in [0.25, 0.3) is 5.91 Å². The lowest BCUT2D eigenvalue weighted by Gasteiger charge is -2.12. The summed E-state index contributed by atoms with van der Waals surface area (Å²) in [5, 5.41) is 6.77. The minimum Gasteiger partial charge on any atom is -0.452 e. The third-order valence-electron chi connectivity index (χ3n) is 2.73. The first kappa shape index (κ1) is 17.4. The monoisotopic (exact) mass is 354 g/mol. The van der Waals surface area contributed by atoms with Crippen molar-refractivity contribution in [3.63, 3.8) is 0 Å². The van der Waals surface area contributed by atoms with E-state index in [0.29, 0.717) is 10.8 Å². The van der Waals surface area contributed by atoms with Crippen molar-refractivity contribution in [1.82, 2.24) is 5.16 Å². The van der Waals surface area contributed by atoms with Gasteiger partial charge >= 0.3 is 5.97 Å². The van der Waals surface area contributed by atoms with Crippen molar-refractivity contribution in [2.75, 3.05) is 11.1 Å². The summed E-state index contributed by atoms with van der Waals surface area (Å²) in [6, 6.07) is 8.67. The van der Waals surface area contributed by atoms with Gasteiger partial charge in [0.05, 0.1) is 5.75 Å². The van der Waals surface area contributed by atoms with Crippen LogP contribution < -0.4 is 5.32 Å². The van der Waals surface area contributed by atoms with E-state index in [1.54, 1.807) is 25.1 Å². The van der Waals surface area contributed by atoms with Crippen LogP contribution in [0.15, 0.2) is 39.8 Å². The number of carbonyl (C=O) groups excluding carboxylic acids is 2. The Labute approximate surface area is 142 Å². The number of hydrogen-bond donors (Lipinski definition) is 1. The Balaban J connectivity index is 1.77. The Morgan fingerprint density at radius 3 is 2.70 bits per heavy atom. The molecule has 1 atom stereocenters. The van der Waals surface area contributed by atoms with Crippen LogP contribution in [0.3, 0.4) is 0 Å². The molecule has 1 amide bonds. The van der Waals surface area contributed by atoms with Gasteiger partial charge in [0.15, 0.2) is 11.9 Å². The number of carbonyl (C=O) groups is 2. The Hall–Kier alpha value is -1.99. The van der Waals surface area contributed by atoms with Gasteiger partial charge in [-0.05, 0) is 38.1 Å². The van der Waals surface area contributed by atoms with Crippen LogP contribution >= 0.6 is 23.4 Å². The van der Waals surface area contributed by atoms with E-state index >= 15 is 0 Å². The molecule has 1 unspecified atom stereocenters. The largest absolute Gasteiger partial charge is 0.452 e. The number of anilines is 1. The van der Waals surface area contributed by atoms with Crippen LogP contribution in [0.5, 0.6) is 0 Å². The zero-order valence-electron chi connectivity index (χ0n) is 12.5. The molecular formula is C15H15ClN2O4S. The minimum absolute atomic E-state index is 0.0995. The predicted octanol–water partition coefficient (Wildman–Crippen LogP) is 3.30. The molecule has 1 aromatic heterocycles. The molecule has 8 heteroatoms. The Kier molecular flexibility index (Phi) is 6.06. The average molecular weight is 355 g/mol. The highest BCUT2D eigenvalue weighted by molar-refractivity contribution is 8.00. The summed E-state index contributed by atoms with van der Waals surface area (Å²) in [7, 11) is 0. The number of halogens is 1. The molecule has 23 heavy (non-hydrogen) atoms. The van der Waals surface area contributed by atoms with Crippen molar-refractivity contribution in [3.8, 4) is 0 Å². The van der Waals surface area contributed by atoms with Gasteiger partial charge in [-0.2, -0.15) is 0 Å². The summed E-state index contributed by atoms with van der Waals surface area (Å²) >= 11 is 7.09. The minimum atomic E-state index is -0.926. The van der Waals surface area contributed by atoms with Gasteiger partial charge in [0.2, 0.25) is 0 Å². The summed E-state index contributed by atoms with van der Waals surface area (Å²) in [4.78, 5) is 24.5. The molecule has 1 N–H and O–H groups in total. The van der Waals surface area contributed by atoms with E-state index in [4.69, 9.17) is 20.9 Å². The second-order valence-corrected chi connectivity index (χ2v) is 6.17. The normalized spacial score (nSPS) is 11.8. The number of benzene rings is 1. The molecule has 1 aromatic carbocycles. The molecule has 1 heterocycles. The maximum Gasteiger partial charge on any atom is 0.317 e. The van der Waals surface area contributed by atoms with E-state index in [1.165, 1.54) is 18.7 Å². The fourth-order valence-electron chi connectivity index (χ4n) is 1.61. The van der Waals surface area contributed by atoms with Crippen LogP contribution in [0.1, 0.15) is 12.7 Å². The molecule has 0 aliphatic carbocycles. The number of ether oxygens (including phenoxy) is 1. The third-order valence-corrected chi connectivity index (χ3v) is 3.96. The quantitative estimate of drug-likeness (QED) is 0.633. The second kappa shape index (κ2) is 8.03. The van der Waals surface area contributed by atoms with Crippen molar-refractivity contribution in [3.05, 3.63) is 41.1 Å². The molecule has 0 spiro atoms. The van der Waals surface area contributed by atoms with Gasteiger partial charge in [0, 0.05) is 16.0 Å². The fraction of sp³-hybridized carbons (Fsp3) is 0.267. The molecule has 122 valence electrons. The molecule has 0 saturated carbocycles. The summed E-state index contributed by atoms with van der Waals surface area (Å²) < 4.78 is 9.92. The average Bonchev–Trinajstić information content (AvgIpc) is 2.91. The predicted molar refractivity (Wildman–Crippen MR) is 87.6 cm³/mol. The van der Waals surface area contributed by atoms with Crippen LogP contribution in [0.2, 0.25) is 5.02 Å². The van der Waals surface area contributed by atoms with E-state index in [-0.39, 0.29) is 11.6 Å². The zero-order valence-corrected chi connectivity index (χ0v) is 14.1. The number of thioether (sulfide) groups is 1. The lowest BCUT2D eigenvalue weighted by molar-refractivity contribution is -0.150. The third kappa shape index (κ3) is 5.61. The summed E-state index contributed by atoms with van der Waals surface area (Å²) in [6.45, 7) is 3.20. The fourth-order valence-corrected chi connectivity index (χ4v) is 2.42. The molecule has 2 aromatic rings. The summed E-state index contributed by atoms with van der Waals surface area (Å²) in [5.74, 6) is 0.00446. The number of rotatable bonds is 6. The van der Waals surface area contributed by atoms with Crippen LogP contribution in [-0.4, -0.2) is 28.9 Å². The van der Waals surface area contributed by atoms with Crippen molar-refractivity contribution < 1.29 is 18.8 Å². The Bertz CT molecular complexity index is 687. The lowest BCUT2D eigenvalue weighted by Crippen LogP contribution is -2.30. The Morgan fingerprint density at radius 1 is 1.39 bits per heavy atom. The number of aryl methyl sites for hydroxylation is 1. The van der Waals surface area contributed by atoms with Crippen LogP contribution in [0.4, 0.5) is 5.82 Å². The first-order valence-electron chi connectivity index (χ1n) is 6.76. The smallest absolute Gasteiger partial charge is 0.317 e. The molecule has 0 radical (unpaired) electrons. The van der Waals surface area contributed by atoms with Crippen molar-refractivity contribution in [2.45, 2.75) is 24.8 Å². The van der Waals surface area contributed by atoms with Crippen LogP contribution in [0.25, 0.3) is 0 Å². The maximum atomic E-state index is 11.9. The van der Waals surface area contributed by atoms with E-state index < -0.39 is 18.0 Å². The van der Waals surface area contributed by atoms with Crippen molar-refractivity contribution >= 4 is 41.1 Å². The number of nitrogens with one attached hydrogen (secondary N) is 1. The first-order chi connectivity index (χ1) is 10.9. The van der Waals surface area contributed by atoms with Crippen LogP contribution in [-0.2, 0) is 14.3 Å². The summed E-state index contributed by atoms with van der Waals surface area (Å²) in [6.07, 6.45) is -0.926. The van der Waals surface area contributed by atoms with Gasteiger partial charge < -0.3 is 14.6 Å². The number of aromatic nitrogens is 1. The first-order valence-corrected chi connectivity index (χ1v) is 8.12. The van der Waals surface area contributed by atoms with Gasteiger partial charge in [0.1, 0.15) is 5.76 Å². The zero-order chi connectivity index (χ0) is 16.8. The SMILES string of the molecule is Cc1cc(NC(=O)C(C)OC(=O)CSc2ccc(Cl)cc2)no1. The molecular weight excluding hydrogens is 340 g/mol. The molecule has 0 aliphatic rings. The maximum absolute atomic E-state index is 11.9. The number of esters is 1. The van der Waals surface area contributed by atoms with Gasteiger partial charge in [-0.1, -0.05) is 16.8 Å². The highest BCUT2D eigenvalue weighted by Gasteiger charge is 2.19. The number of hydrogen-bond acceptors (Lipinski definition) is 6. The highest BCUT2D eigenvalue weighted by atomic mass is 35.5. The second-order valence-electron chi connectivity index (χ2n) is 4.69. The highest BCUT2D eigenvalue weighted by Crippen LogP contribution is 2.20. The van der Waals surface area contributed by atoms with Crippen molar-refractivity contribution in [2.24, 2.45) is 0 Å². The van der Waals surface area contributed by atoms with Crippen molar-refractivity contribution in [1.29, 1.82) is 0 Å². The number of nitrogens with zero attached hydrogens (tertiary/aromatic N) is 1. The molecule has 0 aliphatic heterocycles. The van der Waals surface area contributed by atoms with Gasteiger partial charge in [-0.15, -0.1) is 11.8 Å². The van der Waals surface area contributed by atoms with E-state index in [2.05, 4.69) is 10.5 Å².